The van der Waals surface area contributed by atoms with Crippen molar-refractivity contribution < 1.29 is 26.6 Å². The number of rotatable bonds is 18. The first-order valence-electron chi connectivity index (χ1n) is 11.9. The molecule has 0 atom stereocenters. The van der Waals surface area contributed by atoms with Crippen LogP contribution >= 0.6 is 0 Å². The third-order valence-corrected chi connectivity index (χ3v) is 5.72. The Morgan fingerprint density at radius 1 is 0.800 bits per heavy atom. The molecule has 0 radical (unpaired) electrons. The van der Waals surface area contributed by atoms with Gasteiger partial charge >= 0.3 is 5.91 Å². The molecule has 2 N–H and O–H groups in total. The molecule has 1 aromatic heterocycles. The number of halogens is 1. The number of nitrogens with zero attached hydrogens (tertiary/aromatic N) is 1. The average molecular weight is 439 g/mol. The van der Waals surface area contributed by atoms with Gasteiger partial charge < -0.3 is 18.1 Å². The van der Waals surface area contributed by atoms with Crippen molar-refractivity contribution >= 4 is 11.7 Å². The molecule has 4 nitrogen and oxygen atoms in total. The van der Waals surface area contributed by atoms with E-state index in [0.29, 0.717) is 17.7 Å². The summed E-state index contributed by atoms with van der Waals surface area (Å²) in [7, 11) is 1.74. The Morgan fingerprint density at radius 2 is 1.23 bits per heavy atom. The highest BCUT2D eigenvalue weighted by molar-refractivity contribution is 6.05. The molecule has 172 valence electrons. The van der Waals surface area contributed by atoms with E-state index in [4.69, 9.17) is 5.73 Å². The number of primary amides is 1. The fourth-order valence-electron chi connectivity index (χ4n) is 3.93. The third-order valence-electron chi connectivity index (χ3n) is 5.72. The fourth-order valence-corrected chi connectivity index (χ4v) is 3.93. The zero-order valence-electron chi connectivity index (χ0n) is 19.3. The largest absolute Gasteiger partial charge is 1.00 e. The van der Waals surface area contributed by atoms with E-state index in [2.05, 4.69) is 6.92 Å². The van der Waals surface area contributed by atoms with E-state index < -0.39 is 5.91 Å². The van der Waals surface area contributed by atoms with Crippen molar-refractivity contribution in [2.45, 2.75) is 110 Å². The van der Waals surface area contributed by atoms with Crippen molar-refractivity contribution in [3.63, 3.8) is 0 Å². The van der Waals surface area contributed by atoms with Gasteiger partial charge in [-0.3, -0.25) is 9.59 Å². The second kappa shape index (κ2) is 18.4. The molecule has 0 unspecified atom stereocenters. The van der Waals surface area contributed by atoms with Gasteiger partial charge in [0.05, 0.1) is 5.56 Å². The summed E-state index contributed by atoms with van der Waals surface area (Å²) < 4.78 is 1.63. The molecule has 0 saturated heterocycles. The number of hydrogen-bond donors (Lipinski definition) is 1. The normalized spacial score (nSPS) is 10.6. The summed E-state index contributed by atoms with van der Waals surface area (Å²) >= 11 is 0. The SMILES string of the molecule is CCCCCCCCCCCCCCCCCC(=O)c1ccc[n+](C)c1C(N)=O.[Cl-]. The second-order valence-corrected chi connectivity index (χ2v) is 8.37. The Hall–Kier alpha value is -1.42. The lowest BCUT2D eigenvalue weighted by Crippen LogP contribution is -3.00. The molecular formula is C25H43ClN2O2. The highest BCUT2D eigenvalue weighted by atomic mass is 35.5. The molecule has 1 rings (SSSR count). The van der Waals surface area contributed by atoms with E-state index >= 15 is 0 Å². The van der Waals surface area contributed by atoms with Crippen LogP contribution in [0.25, 0.3) is 0 Å². The number of Topliss-reactive ketones (excluding diaryl/α,β-unsaturated/α-hetero) is 1. The summed E-state index contributed by atoms with van der Waals surface area (Å²) in [6.07, 6.45) is 21.8. The van der Waals surface area contributed by atoms with Gasteiger partial charge in [0.1, 0.15) is 7.05 Å². The van der Waals surface area contributed by atoms with Crippen LogP contribution in [0, 0.1) is 0 Å². The van der Waals surface area contributed by atoms with E-state index in [1.165, 1.54) is 83.5 Å². The van der Waals surface area contributed by atoms with Crippen molar-refractivity contribution in [3.8, 4) is 0 Å². The maximum atomic E-state index is 12.4. The number of aromatic nitrogens is 1. The number of carbonyl (C=O) groups excluding carboxylic acids is 2. The van der Waals surface area contributed by atoms with Crippen molar-refractivity contribution in [1.82, 2.24) is 0 Å². The molecule has 0 saturated carbocycles. The van der Waals surface area contributed by atoms with Crippen LogP contribution in [0.2, 0.25) is 0 Å². The van der Waals surface area contributed by atoms with Crippen LogP contribution in [-0.2, 0) is 7.05 Å². The van der Waals surface area contributed by atoms with Crippen LogP contribution in [0.4, 0.5) is 0 Å². The monoisotopic (exact) mass is 438 g/mol. The van der Waals surface area contributed by atoms with Gasteiger partial charge in [0.2, 0.25) is 0 Å². The van der Waals surface area contributed by atoms with E-state index in [-0.39, 0.29) is 18.2 Å². The van der Waals surface area contributed by atoms with Crippen LogP contribution in [0.5, 0.6) is 0 Å². The maximum Gasteiger partial charge on any atom is 0.314 e. The lowest BCUT2D eigenvalue weighted by molar-refractivity contribution is -0.673. The fraction of sp³-hybridized carbons (Fsp3) is 0.720. The average Bonchev–Trinajstić information content (AvgIpc) is 2.70. The lowest BCUT2D eigenvalue weighted by Gasteiger charge is -2.05. The molecule has 30 heavy (non-hydrogen) atoms. The predicted octanol–water partition coefficient (Wildman–Crippen LogP) is 3.06. The molecule has 0 aliphatic carbocycles. The Balaban J connectivity index is 0.00000841. The number of amides is 1. The van der Waals surface area contributed by atoms with Crippen LogP contribution in [-0.4, -0.2) is 11.7 Å². The first-order chi connectivity index (χ1) is 14.1. The van der Waals surface area contributed by atoms with Gasteiger partial charge in [-0.1, -0.05) is 96.8 Å². The molecule has 0 bridgehead atoms. The highest BCUT2D eigenvalue weighted by Crippen LogP contribution is 2.15. The highest BCUT2D eigenvalue weighted by Gasteiger charge is 2.23. The summed E-state index contributed by atoms with van der Waals surface area (Å²) in [6, 6.07) is 3.49. The molecule has 1 aromatic rings. The molecule has 0 spiro atoms. The summed E-state index contributed by atoms with van der Waals surface area (Å²) in [5.41, 5.74) is 6.18. The van der Waals surface area contributed by atoms with Crippen LogP contribution < -0.4 is 22.7 Å². The van der Waals surface area contributed by atoms with E-state index in [1.54, 1.807) is 29.9 Å². The van der Waals surface area contributed by atoms with Gasteiger partial charge in [-0.25, -0.2) is 0 Å². The number of unbranched alkanes of at least 4 members (excludes halogenated alkanes) is 14. The quantitative estimate of drug-likeness (QED) is 0.217. The van der Waals surface area contributed by atoms with Gasteiger partial charge in [-0.2, -0.15) is 4.57 Å². The number of carbonyl (C=O) groups is 2. The first kappa shape index (κ1) is 28.6. The minimum Gasteiger partial charge on any atom is -1.00 e. The van der Waals surface area contributed by atoms with Gasteiger partial charge in [0.25, 0.3) is 5.69 Å². The van der Waals surface area contributed by atoms with Crippen LogP contribution in [0.3, 0.4) is 0 Å². The number of ketones is 1. The van der Waals surface area contributed by atoms with Crippen molar-refractivity contribution in [1.29, 1.82) is 0 Å². The van der Waals surface area contributed by atoms with Crippen molar-refractivity contribution in [2.24, 2.45) is 12.8 Å². The topological polar surface area (TPSA) is 64.0 Å². The van der Waals surface area contributed by atoms with Gasteiger partial charge in [-0.15, -0.1) is 0 Å². The standard InChI is InChI=1S/C25H42N2O2.ClH/c1-3-4-5-6-7-8-9-10-11-12-13-14-15-16-17-20-23(28)22-19-18-21-27(2)24(22)25(26)29;/h18-19,21H,3-17,20H2,1-2H3,(H-,26,29);1H. The number of aryl methyl sites for hydroxylation is 1. The van der Waals surface area contributed by atoms with Crippen LogP contribution in [0.15, 0.2) is 18.3 Å². The first-order valence-corrected chi connectivity index (χ1v) is 11.9. The van der Waals surface area contributed by atoms with Crippen LogP contribution in [0.1, 0.15) is 131 Å². The summed E-state index contributed by atoms with van der Waals surface area (Å²) in [5, 5.41) is 0. The molecule has 1 amide bonds. The molecule has 0 aromatic carbocycles. The van der Waals surface area contributed by atoms with Gasteiger partial charge in [0.15, 0.2) is 12.0 Å². The Morgan fingerprint density at radius 3 is 1.67 bits per heavy atom. The Bertz CT molecular complexity index is 605. The number of nitrogens with two attached hydrogens (primary N) is 1. The smallest absolute Gasteiger partial charge is 0.314 e. The predicted molar refractivity (Wildman–Crippen MR) is 120 cm³/mol. The van der Waals surface area contributed by atoms with Gasteiger partial charge in [-0.05, 0) is 12.5 Å². The molecule has 0 aliphatic rings. The van der Waals surface area contributed by atoms with Crippen molar-refractivity contribution in [2.75, 3.05) is 0 Å². The van der Waals surface area contributed by atoms with E-state index in [1.807, 2.05) is 0 Å². The van der Waals surface area contributed by atoms with Gasteiger partial charge in [0, 0.05) is 12.5 Å². The lowest BCUT2D eigenvalue weighted by atomic mass is 10.0. The maximum absolute atomic E-state index is 12.4. The minimum atomic E-state index is -0.548. The Labute approximate surface area is 190 Å². The molecule has 5 heteroatoms. The number of pyridine rings is 1. The Kier molecular flexibility index (Phi) is 17.5. The molecular weight excluding hydrogens is 396 g/mol. The molecule has 1 heterocycles. The third kappa shape index (κ3) is 12.3. The minimum absolute atomic E-state index is 0. The molecule has 0 aliphatic heterocycles. The summed E-state index contributed by atoms with van der Waals surface area (Å²) in [5.74, 6) is -0.530. The zero-order chi connectivity index (χ0) is 21.3. The summed E-state index contributed by atoms with van der Waals surface area (Å²) in [6.45, 7) is 2.27. The molecule has 0 fully saturated rings. The van der Waals surface area contributed by atoms with E-state index in [0.717, 1.165) is 12.8 Å². The van der Waals surface area contributed by atoms with E-state index in [9.17, 15) is 9.59 Å². The number of hydrogen-bond acceptors (Lipinski definition) is 2. The second-order valence-electron chi connectivity index (χ2n) is 8.37. The zero-order valence-corrected chi connectivity index (χ0v) is 20.0. The van der Waals surface area contributed by atoms with Crippen molar-refractivity contribution in [3.05, 3.63) is 29.6 Å². The summed E-state index contributed by atoms with van der Waals surface area (Å²) in [4.78, 5) is 24.0.